The van der Waals surface area contributed by atoms with E-state index in [1.165, 1.54) is 0 Å². The molecular formula is C17H18KNO3. The Hall–Kier alpha value is -0.724. The summed E-state index contributed by atoms with van der Waals surface area (Å²) in [4.78, 5) is 22.9. The van der Waals surface area contributed by atoms with Gasteiger partial charge in [-0.1, -0.05) is 56.3 Å². The molecule has 22 heavy (non-hydrogen) atoms. The van der Waals surface area contributed by atoms with Crippen molar-refractivity contribution < 1.29 is 66.1 Å². The van der Waals surface area contributed by atoms with Gasteiger partial charge in [0.1, 0.15) is 0 Å². The van der Waals surface area contributed by atoms with E-state index >= 15 is 0 Å². The van der Waals surface area contributed by atoms with Crippen molar-refractivity contribution in [3.05, 3.63) is 48.0 Å². The number of aliphatic carboxylic acids is 1. The molecule has 0 heterocycles. The molecule has 110 valence electrons. The van der Waals surface area contributed by atoms with Gasteiger partial charge in [-0.2, -0.15) is 0 Å². The average molecular weight is 323 g/mol. The second-order valence-electron chi connectivity index (χ2n) is 5.42. The van der Waals surface area contributed by atoms with Crippen LogP contribution in [-0.4, -0.2) is 17.9 Å². The zero-order valence-electron chi connectivity index (χ0n) is 13.1. The Morgan fingerprint density at radius 1 is 1.09 bits per heavy atom. The SMILES string of the molecule is CC(C)C(=O)NC(Cc1ccc2ccccc2c1)C(=O)[O-].[K+]. The van der Waals surface area contributed by atoms with Gasteiger partial charge in [-0.3, -0.25) is 4.79 Å². The monoisotopic (exact) mass is 323 g/mol. The van der Waals surface area contributed by atoms with Gasteiger partial charge in [-0.05, 0) is 22.8 Å². The Balaban J connectivity index is 0.00000242. The van der Waals surface area contributed by atoms with E-state index in [2.05, 4.69) is 5.32 Å². The summed E-state index contributed by atoms with van der Waals surface area (Å²) < 4.78 is 0. The molecule has 2 aromatic rings. The normalized spacial score (nSPS) is 11.8. The van der Waals surface area contributed by atoms with Crippen molar-refractivity contribution in [3.63, 3.8) is 0 Å². The van der Waals surface area contributed by atoms with Gasteiger partial charge >= 0.3 is 51.4 Å². The predicted octanol–water partition coefficient (Wildman–Crippen LogP) is -1.72. The zero-order chi connectivity index (χ0) is 15.4. The smallest absolute Gasteiger partial charge is 0.548 e. The molecule has 1 amide bonds. The van der Waals surface area contributed by atoms with Crippen LogP contribution in [0.5, 0.6) is 0 Å². The molecule has 1 N–H and O–H groups in total. The molecule has 0 bridgehead atoms. The summed E-state index contributed by atoms with van der Waals surface area (Å²) in [7, 11) is 0. The second-order valence-corrected chi connectivity index (χ2v) is 5.42. The van der Waals surface area contributed by atoms with Gasteiger partial charge < -0.3 is 15.2 Å². The first-order valence-electron chi connectivity index (χ1n) is 6.96. The van der Waals surface area contributed by atoms with Crippen LogP contribution < -0.4 is 61.8 Å². The summed E-state index contributed by atoms with van der Waals surface area (Å²) in [5, 5.41) is 15.8. The fourth-order valence-electron chi connectivity index (χ4n) is 2.13. The number of amides is 1. The molecule has 0 saturated heterocycles. The summed E-state index contributed by atoms with van der Waals surface area (Å²) >= 11 is 0. The van der Waals surface area contributed by atoms with Gasteiger partial charge in [0.05, 0.1) is 12.0 Å². The number of hydrogen-bond acceptors (Lipinski definition) is 3. The number of carbonyl (C=O) groups is 2. The molecule has 0 aromatic heterocycles. The number of hydrogen-bond donors (Lipinski definition) is 1. The molecule has 0 spiro atoms. The van der Waals surface area contributed by atoms with E-state index in [4.69, 9.17) is 0 Å². The van der Waals surface area contributed by atoms with Crippen molar-refractivity contribution in [1.29, 1.82) is 0 Å². The first-order chi connectivity index (χ1) is 9.97. The Labute approximate surface area is 172 Å². The maximum absolute atomic E-state index is 11.7. The summed E-state index contributed by atoms with van der Waals surface area (Å²) in [5.74, 6) is -1.81. The Morgan fingerprint density at radius 3 is 2.32 bits per heavy atom. The summed E-state index contributed by atoms with van der Waals surface area (Å²) in [6.45, 7) is 3.44. The van der Waals surface area contributed by atoms with Crippen LogP contribution in [0.1, 0.15) is 19.4 Å². The number of benzene rings is 2. The van der Waals surface area contributed by atoms with Crippen LogP contribution in [0.2, 0.25) is 0 Å². The Bertz CT molecular complexity index is 670. The topological polar surface area (TPSA) is 69.2 Å². The minimum Gasteiger partial charge on any atom is -0.548 e. The molecule has 4 nitrogen and oxygen atoms in total. The number of carboxylic acids is 1. The summed E-state index contributed by atoms with van der Waals surface area (Å²) in [6, 6.07) is 12.6. The number of rotatable bonds is 5. The largest absolute Gasteiger partial charge is 1.00 e. The van der Waals surface area contributed by atoms with Crippen molar-refractivity contribution in [1.82, 2.24) is 5.32 Å². The molecule has 0 saturated carbocycles. The summed E-state index contributed by atoms with van der Waals surface area (Å²) in [6.07, 6.45) is 0.214. The number of fused-ring (bicyclic) bond motifs is 1. The van der Waals surface area contributed by atoms with Crippen molar-refractivity contribution in [3.8, 4) is 0 Å². The van der Waals surface area contributed by atoms with Gasteiger partial charge in [-0.25, -0.2) is 0 Å². The third-order valence-corrected chi connectivity index (χ3v) is 3.38. The van der Waals surface area contributed by atoms with E-state index in [1.807, 2.05) is 42.5 Å². The maximum atomic E-state index is 11.7. The van der Waals surface area contributed by atoms with Crippen LogP contribution in [0, 0.1) is 5.92 Å². The predicted molar refractivity (Wildman–Crippen MR) is 79.4 cm³/mol. The van der Waals surface area contributed by atoms with Crippen molar-refractivity contribution in [2.24, 2.45) is 5.92 Å². The molecule has 0 fully saturated rings. The van der Waals surface area contributed by atoms with Gasteiger partial charge in [-0.15, -0.1) is 0 Å². The third kappa shape index (κ3) is 5.17. The maximum Gasteiger partial charge on any atom is 1.00 e. The Morgan fingerprint density at radius 2 is 1.73 bits per heavy atom. The van der Waals surface area contributed by atoms with Crippen LogP contribution in [-0.2, 0) is 16.0 Å². The molecule has 0 aliphatic rings. The van der Waals surface area contributed by atoms with Crippen LogP contribution >= 0.6 is 0 Å². The quantitative estimate of drug-likeness (QED) is 0.666. The van der Waals surface area contributed by atoms with Gasteiger partial charge in [0.2, 0.25) is 5.91 Å². The summed E-state index contributed by atoms with van der Waals surface area (Å²) in [5.41, 5.74) is 0.854. The van der Waals surface area contributed by atoms with E-state index in [0.29, 0.717) is 0 Å². The molecule has 2 rings (SSSR count). The van der Waals surface area contributed by atoms with Crippen LogP contribution in [0.3, 0.4) is 0 Å². The van der Waals surface area contributed by atoms with E-state index < -0.39 is 12.0 Å². The molecule has 0 aliphatic heterocycles. The van der Waals surface area contributed by atoms with Crippen molar-refractivity contribution in [2.45, 2.75) is 26.3 Å². The minimum atomic E-state index is -1.27. The molecular weight excluding hydrogens is 305 g/mol. The zero-order valence-corrected chi connectivity index (χ0v) is 16.3. The van der Waals surface area contributed by atoms with Crippen LogP contribution in [0.25, 0.3) is 10.8 Å². The molecule has 2 aromatic carbocycles. The second kappa shape index (κ2) is 8.79. The van der Waals surface area contributed by atoms with Crippen LogP contribution in [0.15, 0.2) is 42.5 Å². The van der Waals surface area contributed by atoms with E-state index in [-0.39, 0.29) is 69.6 Å². The molecule has 1 unspecified atom stereocenters. The first kappa shape index (κ1) is 19.3. The first-order valence-corrected chi connectivity index (χ1v) is 6.96. The molecule has 0 aliphatic carbocycles. The molecule has 0 radical (unpaired) electrons. The van der Waals surface area contributed by atoms with Crippen molar-refractivity contribution in [2.75, 3.05) is 0 Å². The number of nitrogens with one attached hydrogen (secondary N) is 1. The van der Waals surface area contributed by atoms with E-state index in [0.717, 1.165) is 16.3 Å². The van der Waals surface area contributed by atoms with Gasteiger partial charge in [0, 0.05) is 5.92 Å². The molecule has 1 atom stereocenters. The van der Waals surface area contributed by atoms with Crippen LogP contribution in [0.4, 0.5) is 0 Å². The molecule has 5 heteroatoms. The fraction of sp³-hybridized carbons (Fsp3) is 0.294. The van der Waals surface area contributed by atoms with Crippen molar-refractivity contribution >= 4 is 22.6 Å². The fourth-order valence-corrected chi connectivity index (χ4v) is 2.13. The number of carboxylic acid groups (broad SMARTS) is 1. The number of carbonyl (C=O) groups excluding carboxylic acids is 2. The van der Waals surface area contributed by atoms with Gasteiger partial charge in [0.25, 0.3) is 0 Å². The Kier molecular flexibility index (Phi) is 7.72. The van der Waals surface area contributed by atoms with Gasteiger partial charge in [0.15, 0.2) is 0 Å². The van der Waals surface area contributed by atoms with E-state index in [9.17, 15) is 14.7 Å². The minimum absolute atomic E-state index is 0. The van der Waals surface area contributed by atoms with E-state index in [1.54, 1.807) is 13.8 Å². The average Bonchev–Trinajstić information content (AvgIpc) is 2.46. The standard InChI is InChI=1S/C17H19NO3.K/c1-11(2)16(19)18-15(17(20)21)10-12-7-8-13-5-3-4-6-14(13)9-12;/h3-9,11,15H,10H2,1-2H3,(H,18,19)(H,20,21);/q;+1/p-1. The third-order valence-electron chi connectivity index (χ3n) is 3.38.